The first kappa shape index (κ1) is 13.9. The Morgan fingerprint density at radius 2 is 1.55 bits per heavy atom. The lowest BCUT2D eigenvalue weighted by atomic mass is 9.65. The molecule has 3 fully saturated rings. The Labute approximate surface area is 120 Å². The van der Waals surface area contributed by atoms with Crippen LogP contribution in [0.4, 0.5) is 0 Å². The molecule has 0 unspecified atom stereocenters. The maximum atomic E-state index is 12.0. The highest BCUT2D eigenvalue weighted by molar-refractivity contribution is 5.86. The van der Waals surface area contributed by atoms with Crippen molar-refractivity contribution in [2.75, 3.05) is 0 Å². The van der Waals surface area contributed by atoms with Gasteiger partial charge in [-0.2, -0.15) is 0 Å². The number of amides is 1. The first-order chi connectivity index (χ1) is 9.49. The van der Waals surface area contributed by atoms with Crippen LogP contribution in [0.2, 0.25) is 0 Å². The summed E-state index contributed by atoms with van der Waals surface area (Å²) in [6.07, 6.45) is 10.3. The highest BCUT2D eigenvalue weighted by atomic mass is 16.4. The van der Waals surface area contributed by atoms with Crippen molar-refractivity contribution in [1.29, 1.82) is 0 Å². The highest BCUT2D eigenvalue weighted by Crippen LogP contribution is 2.53. The Hall–Kier alpha value is -1.06. The van der Waals surface area contributed by atoms with Crippen LogP contribution in [-0.4, -0.2) is 33.5 Å². The van der Waals surface area contributed by atoms with Crippen molar-refractivity contribution in [3.63, 3.8) is 0 Å². The lowest BCUT2D eigenvalue weighted by Crippen LogP contribution is -2.60. The van der Waals surface area contributed by atoms with E-state index in [0.717, 1.165) is 25.7 Å². The summed E-state index contributed by atoms with van der Waals surface area (Å²) in [5.41, 5.74) is -0.522. The molecule has 0 aromatic rings. The molecule has 0 aliphatic heterocycles. The number of carbonyl (C=O) groups is 2. The fourth-order valence-corrected chi connectivity index (χ4v) is 4.62. The molecule has 112 valence electrons. The zero-order valence-corrected chi connectivity index (χ0v) is 12.4. The fraction of sp³-hybridized carbons (Fsp3) is 0.875. The summed E-state index contributed by atoms with van der Waals surface area (Å²) in [4.78, 5) is 25.7. The molecule has 0 heterocycles. The van der Waals surface area contributed by atoms with E-state index in [1.807, 2.05) is 0 Å². The topological polar surface area (TPSA) is 57.6 Å². The van der Waals surface area contributed by atoms with Crippen LogP contribution in [0.25, 0.3) is 0 Å². The second kappa shape index (κ2) is 4.74. The molecular formula is C16H25NO3. The van der Waals surface area contributed by atoms with Crippen molar-refractivity contribution in [2.45, 2.75) is 82.7 Å². The van der Waals surface area contributed by atoms with E-state index in [1.54, 1.807) is 4.90 Å². The van der Waals surface area contributed by atoms with Crippen LogP contribution in [0.5, 0.6) is 0 Å². The molecule has 0 aromatic carbocycles. The third kappa shape index (κ3) is 2.13. The van der Waals surface area contributed by atoms with Gasteiger partial charge < -0.3 is 10.0 Å². The van der Waals surface area contributed by atoms with E-state index in [9.17, 15) is 14.7 Å². The van der Waals surface area contributed by atoms with Gasteiger partial charge in [0.05, 0.1) is 0 Å². The number of hydrogen-bond acceptors (Lipinski definition) is 2. The highest BCUT2D eigenvalue weighted by Gasteiger charge is 2.55. The summed E-state index contributed by atoms with van der Waals surface area (Å²) >= 11 is 0. The molecule has 4 nitrogen and oxygen atoms in total. The number of aliphatic carboxylic acids is 1. The average molecular weight is 279 g/mol. The summed E-state index contributed by atoms with van der Waals surface area (Å²) in [6, 6.07) is 0.182. The van der Waals surface area contributed by atoms with Gasteiger partial charge >= 0.3 is 5.97 Å². The van der Waals surface area contributed by atoms with Gasteiger partial charge in [-0.25, -0.2) is 4.79 Å². The van der Waals surface area contributed by atoms with E-state index >= 15 is 0 Å². The lowest BCUT2D eigenvalue weighted by Gasteiger charge is -2.48. The molecule has 1 spiro atoms. The Balaban J connectivity index is 1.83. The van der Waals surface area contributed by atoms with E-state index in [-0.39, 0.29) is 11.9 Å². The van der Waals surface area contributed by atoms with Gasteiger partial charge in [0.15, 0.2) is 0 Å². The van der Waals surface area contributed by atoms with Gasteiger partial charge in [-0.15, -0.1) is 0 Å². The van der Waals surface area contributed by atoms with Gasteiger partial charge in [-0.1, -0.05) is 12.8 Å². The molecule has 0 bridgehead atoms. The second-order valence-corrected chi connectivity index (χ2v) is 7.16. The molecule has 0 radical (unpaired) electrons. The Morgan fingerprint density at radius 3 is 1.95 bits per heavy atom. The Kier molecular flexibility index (Phi) is 3.30. The Morgan fingerprint density at radius 1 is 1.00 bits per heavy atom. The van der Waals surface area contributed by atoms with E-state index in [0.29, 0.717) is 18.3 Å². The number of carboxylic acids is 1. The van der Waals surface area contributed by atoms with Gasteiger partial charge in [0.25, 0.3) is 0 Å². The van der Waals surface area contributed by atoms with Crippen LogP contribution >= 0.6 is 0 Å². The summed E-state index contributed by atoms with van der Waals surface area (Å²) in [6.45, 7) is 1.53. The van der Waals surface area contributed by atoms with Crippen LogP contribution in [0.1, 0.15) is 71.1 Å². The number of nitrogens with zero attached hydrogens (tertiary/aromatic N) is 1. The van der Waals surface area contributed by atoms with Crippen LogP contribution < -0.4 is 0 Å². The van der Waals surface area contributed by atoms with Gasteiger partial charge in [0.2, 0.25) is 5.91 Å². The van der Waals surface area contributed by atoms with E-state index < -0.39 is 11.5 Å². The molecular weight excluding hydrogens is 254 g/mol. The molecule has 1 N–H and O–H groups in total. The minimum Gasteiger partial charge on any atom is -0.479 e. The quantitative estimate of drug-likeness (QED) is 0.864. The van der Waals surface area contributed by atoms with E-state index in [1.165, 1.54) is 32.6 Å². The van der Waals surface area contributed by atoms with Crippen molar-refractivity contribution < 1.29 is 14.7 Å². The average Bonchev–Trinajstić information content (AvgIpc) is 3.12. The van der Waals surface area contributed by atoms with Gasteiger partial charge in [-0.05, 0) is 56.8 Å². The SMILES string of the molecule is CC(=O)N(C1CC1)C1(C(=O)O)CCC2(CCCC2)CC1. The van der Waals surface area contributed by atoms with Gasteiger partial charge in [-0.3, -0.25) is 4.79 Å². The normalized spacial score (nSPS) is 27.4. The number of rotatable bonds is 3. The maximum absolute atomic E-state index is 12.0. The van der Waals surface area contributed by atoms with Crippen LogP contribution in [0.3, 0.4) is 0 Å². The summed E-state index contributed by atoms with van der Waals surface area (Å²) in [7, 11) is 0. The second-order valence-electron chi connectivity index (χ2n) is 7.16. The fourth-order valence-electron chi connectivity index (χ4n) is 4.62. The zero-order valence-electron chi connectivity index (χ0n) is 12.4. The first-order valence-corrected chi connectivity index (χ1v) is 8.03. The molecule has 3 aliphatic rings. The molecule has 0 aromatic heterocycles. The van der Waals surface area contributed by atoms with Crippen LogP contribution in [0.15, 0.2) is 0 Å². The number of carbonyl (C=O) groups excluding carboxylic acids is 1. The van der Waals surface area contributed by atoms with E-state index in [2.05, 4.69) is 0 Å². The minimum atomic E-state index is -0.916. The molecule has 0 saturated heterocycles. The molecule has 1 amide bonds. The van der Waals surface area contributed by atoms with E-state index in [4.69, 9.17) is 0 Å². The van der Waals surface area contributed by atoms with Crippen LogP contribution in [-0.2, 0) is 9.59 Å². The lowest BCUT2D eigenvalue weighted by molar-refractivity contribution is -0.164. The molecule has 4 heteroatoms. The standard InChI is InChI=1S/C16H25NO3/c1-12(18)17(13-4-5-13)16(14(19)20)10-8-15(9-11-16)6-2-3-7-15/h13H,2-11H2,1H3,(H,19,20). The zero-order chi connectivity index (χ0) is 14.4. The molecule has 3 saturated carbocycles. The van der Waals surface area contributed by atoms with Crippen molar-refractivity contribution in [3.05, 3.63) is 0 Å². The van der Waals surface area contributed by atoms with Crippen molar-refractivity contribution in [1.82, 2.24) is 4.90 Å². The predicted molar refractivity (Wildman–Crippen MR) is 75.3 cm³/mol. The van der Waals surface area contributed by atoms with Crippen LogP contribution in [0, 0.1) is 5.41 Å². The third-order valence-corrected chi connectivity index (χ3v) is 5.91. The number of carboxylic acid groups (broad SMARTS) is 1. The monoisotopic (exact) mass is 279 g/mol. The van der Waals surface area contributed by atoms with Crippen molar-refractivity contribution >= 4 is 11.9 Å². The van der Waals surface area contributed by atoms with Gasteiger partial charge in [0.1, 0.15) is 5.54 Å². The summed E-state index contributed by atoms with van der Waals surface area (Å²) in [5, 5.41) is 9.82. The molecule has 20 heavy (non-hydrogen) atoms. The molecule has 0 atom stereocenters. The number of hydrogen-bond donors (Lipinski definition) is 1. The smallest absolute Gasteiger partial charge is 0.329 e. The van der Waals surface area contributed by atoms with Crippen molar-refractivity contribution in [2.24, 2.45) is 5.41 Å². The first-order valence-electron chi connectivity index (χ1n) is 8.03. The predicted octanol–water partition coefficient (Wildman–Crippen LogP) is 2.96. The summed E-state index contributed by atoms with van der Waals surface area (Å²) < 4.78 is 0. The Bertz CT molecular complexity index is 411. The minimum absolute atomic E-state index is 0.0581. The largest absolute Gasteiger partial charge is 0.479 e. The molecule has 3 rings (SSSR count). The molecule has 3 aliphatic carbocycles. The third-order valence-electron chi connectivity index (χ3n) is 5.91. The van der Waals surface area contributed by atoms with Crippen molar-refractivity contribution in [3.8, 4) is 0 Å². The maximum Gasteiger partial charge on any atom is 0.329 e. The van der Waals surface area contributed by atoms with Gasteiger partial charge in [0, 0.05) is 13.0 Å². The summed E-state index contributed by atoms with van der Waals surface area (Å²) in [5.74, 6) is -0.843.